The number of nitrogens with one attached hydrogen (secondary N) is 1. The molecule has 1 saturated carbocycles. The number of aryl methyl sites for hydroxylation is 1. The van der Waals surface area contributed by atoms with Crippen molar-refractivity contribution in [1.29, 1.82) is 0 Å². The summed E-state index contributed by atoms with van der Waals surface area (Å²) in [6.07, 6.45) is 2.63. The second-order valence-corrected chi connectivity index (χ2v) is 8.73. The van der Waals surface area contributed by atoms with Gasteiger partial charge in [-0.05, 0) is 57.2 Å². The Balaban J connectivity index is 1.95. The van der Waals surface area contributed by atoms with Gasteiger partial charge in [-0.15, -0.1) is 0 Å². The molecule has 1 unspecified atom stereocenters. The molecule has 1 aliphatic carbocycles. The summed E-state index contributed by atoms with van der Waals surface area (Å²) in [5, 5.41) is 9.50. The molecule has 0 radical (unpaired) electrons. The lowest BCUT2D eigenvalue weighted by Crippen LogP contribution is -2.50. The highest BCUT2D eigenvalue weighted by atomic mass is 32.2. The second kappa shape index (κ2) is 6.10. The van der Waals surface area contributed by atoms with Crippen LogP contribution >= 0.6 is 0 Å². The first-order valence-corrected chi connectivity index (χ1v) is 9.82. The first kappa shape index (κ1) is 17.9. The highest BCUT2D eigenvalue weighted by molar-refractivity contribution is 7.89. The van der Waals surface area contributed by atoms with Crippen molar-refractivity contribution >= 4 is 21.9 Å². The Kier molecular flexibility index (Phi) is 4.36. The molecular formula is C17H22N2O5S. The number of aliphatic carboxylic acids is 1. The van der Waals surface area contributed by atoms with E-state index in [-0.39, 0.29) is 16.5 Å². The van der Waals surface area contributed by atoms with Crippen LogP contribution in [-0.2, 0) is 14.8 Å². The van der Waals surface area contributed by atoms with Crippen LogP contribution in [0.2, 0.25) is 0 Å². The molecule has 2 fully saturated rings. The molecule has 0 aromatic heterocycles. The van der Waals surface area contributed by atoms with Crippen molar-refractivity contribution in [1.82, 2.24) is 9.62 Å². The first-order chi connectivity index (χ1) is 11.6. The summed E-state index contributed by atoms with van der Waals surface area (Å²) in [6, 6.07) is 4.38. The molecule has 1 aliphatic heterocycles. The van der Waals surface area contributed by atoms with E-state index in [4.69, 9.17) is 0 Å². The minimum Gasteiger partial charge on any atom is -0.480 e. The Morgan fingerprint density at radius 3 is 2.60 bits per heavy atom. The lowest BCUT2D eigenvalue weighted by molar-refractivity contribution is -0.147. The van der Waals surface area contributed by atoms with Crippen LogP contribution < -0.4 is 4.72 Å². The highest BCUT2D eigenvalue weighted by Crippen LogP contribution is 2.32. The van der Waals surface area contributed by atoms with E-state index in [2.05, 4.69) is 4.72 Å². The first-order valence-electron chi connectivity index (χ1n) is 8.33. The molecule has 7 nitrogen and oxygen atoms in total. The number of rotatable bonds is 5. The molecule has 25 heavy (non-hydrogen) atoms. The van der Waals surface area contributed by atoms with Gasteiger partial charge in [0.1, 0.15) is 5.54 Å². The summed E-state index contributed by atoms with van der Waals surface area (Å²) in [4.78, 5) is 25.9. The van der Waals surface area contributed by atoms with E-state index in [1.165, 1.54) is 24.0 Å². The van der Waals surface area contributed by atoms with Crippen LogP contribution in [0.15, 0.2) is 23.1 Å². The third-order valence-electron chi connectivity index (χ3n) is 5.00. The SMILES string of the molecule is Cc1ccc(S(=O)(=O)NC2CC2)cc1C(=O)N1CCCC1(C)C(=O)O. The summed E-state index contributed by atoms with van der Waals surface area (Å²) >= 11 is 0. The van der Waals surface area contributed by atoms with Crippen molar-refractivity contribution in [2.75, 3.05) is 6.54 Å². The summed E-state index contributed by atoms with van der Waals surface area (Å²) in [6.45, 7) is 3.59. The Hall–Kier alpha value is -1.93. The molecule has 0 bridgehead atoms. The standard InChI is InChI=1S/C17H22N2O5S/c1-11-4-7-13(25(23,24)18-12-5-6-12)10-14(11)15(20)19-9-3-8-17(19,2)16(21)22/h4,7,10,12,18H,3,5-6,8-9H2,1-2H3,(H,21,22). The van der Waals surface area contributed by atoms with Crippen LogP contribution in [0.5, 0.6) is 0 Å². The van der Waals surface area contributed by atoms with Crippen molar-refractivity contribution in [2.24, 2.45) is 0 Å². The zero-order valence-corrected chi connectivity index (χ0v) is 15.1. The third-order valence-corrected chi connectivity index (χ3v) is 6.51. The molecule has 3 rings (SSSR count). The van der Waals surface area contributed by atoms with Crippen molar-refractivity contribution in [2.45, 2.75) is 56.0 Å². The zero-order chi connectivity index (χ0) is 18.4. The molecule has 1 atom stereocenters. The smallest absolute Gasteiger partial charge is 0.329 e. The molecule has 1 heterocycles. The predicted octanol–water partition coefficient (Wildman–Crippen LogP) is 1.52. The van der Waals surface area contributed by atoms with Gasteiger partial charge in [0.2, 0.25) is 10.0 Å². The van der Waals surface area contributed by atoms with Gasteiger partial charge < -0.3 is 10.0 Å². The third kappa shape index (κ3) is 3.28. The van der Waals surface area contributed by atoms with Gasteiger partial charge in [-0.3, -0.25) is 4.79 Å². The zero-order valence-electron chi connectivity index (χ0n) is 14.3. The molecule has 2 N–H and O–H groups in total. The summed E-state index contributed by atoms with van der Waals surface area (Å²) < 4.78 is 27.4. The van der Waals surface area contributed by atoms with Crippen LogP contribution in [-0.4, -0.2) is 48.4 Å². The molecule has 1 aromatic rings. The monoisotopic (exact) mass is 366 g/mol. The number of hydrogen-bond donors (Lipinski definition) is 2. The number of nitrogens with zero attached hydrogens (tertiary/aromatic N) is 1. The molecular weight excluding hydrogens is 344 g/mol. The number of benzene rings is 1. The number of hydrogen-bond acceptors (Lipinski definition) is 4. The Labute approximate surface area is 147 Å². The number of amides is 1. The Morgan fingerprint density at radius 1 is 1.32 bits per heavy atom. The summed E-state index contributed by atoms with van der Waals surface area (Å²) in [7, 11) is -3.68. The largest absolute Gasteiger partial charge is 0.480 e. The van der Waals surface area contributed by atoms with Crippen molar-refractivity contribution < 1.29 is 23.1 Å². The maximum Gasteiger partial charge on any atom is 0.329 e. The molecule has 1 amide bonds. The topological polar surface area (TPSA) is 104 Å². The number of likely N-dealkylation sites (tertiary alicyclic amines) is 1. The average molecular weight is 366 g/mol. The predicted molar refractivity (Wildman–Crippen MR) is 90.8 cm³/mol. The van der Waals surface area contributed by atoms with E-state index < -0.39 is 27.4 Å². The molecule has 1 aromatic carbocycles. The number of carboxylic acids is 1. The molecule has 2 aliphatic rings. The van der Waals surface area contributed by atoms with Crippen LogP contribution in [0.1, 0.15) is 48.5 Å². The summed E-state index contributed by atoms with van der Waals surface area (Å²) in [5.41, 5.74) is -0.409. The van der Waals surface area contributed by atoms with Gasteiger partial charge in [0.25, 0.3) is 5.91 Å². The fourth-order valence-electron chi connectivity index (χ4n) is 3.14. The van der Waals surface area contributed by atoms with E-state index in [9.17, 15) is 23.1 Å². The molecule has 136 valence electrons. The highest BCUT2D eigenvalue weighted by Gasteiger charge is 2.46. The van der Waals surface area contributed by atoms with Gasteiger partial charge >= 0.3 is 5.97 Å². The fourth-order valence-corrected chi connectivity index (χ4v) is 4.47. The number of sulfonamides is 1. The van der Waals surface area contributed by atoms with E-state index in [0.717, 1.165) is 12.8 Å². The average Bonchev–Trinajstić information content (AvgIpc) is 3.24. The van der Waals surface area contributed by atoms with E-state index in [1.807, 2.05) is 0 Å². The van der Waals surface area contributed by atoms with Gasteiger partial charge in [0.05, 0.1) is 4.90 Å². The van der Waals surface area contributed by atoms with Crippen LogP contribution in [0, 0.1) is 6.92 Å². The molecule has 8 heteroatoms. The molecule has 0 spiro atoms. The van der Waals surface area contributed by atoms with Crippen LogP contribution in [0.25, 0.3) is 0 Å². The number of carbonyl (C=O) groups is 2. The van der Waals surface area contributed by atoms with E-state index in [1.54, 1.807) is 13.0 Å². The Bertz CT molecular complexity index is 831. The quantitative estimate of drug-likeness (QED) is 0.822. The lowest BCUT2D eigenvalue weighted by atomic mass is 9.98. The maximum absolute atomic E-state index is 12.9. The van der Waals surface area contributed by atoms with Gasteiger partial charge in [0, 0.05) is 18.2 Å². The van der Waals surface area contributed by atoms with Crippen molar-refractivity contribution in [3.8, 4) is 0 Å². The number of carboxylic acid groups (broad SMARTS) is 1. The maximum atomic E-state index is 12.9. The van der Waals surface area contributed by atoms with Crippen LogP contribution in [0.3, 0.4) is 0 Å². The van der Waals surface area contributed by atoms with Crippen molar-refractivity contribution in [3.63, 3.8) is 0 Å². The summed E-state index contributed by atoms with van der Waals surface area (Å²) in [5.74, 6) is -1.49. The minimum absolute atomic E-state index is 0.0284. The van der Waals surface area contributed by atoms with Crippen LogP contribution in [0.4, 0.5) is 0 Å². The van der Waals surface area contributed by atoms with Gasteiger partial charge in [-0.2, -0.15) is 0 Å². The van der Waals surface area contributed by atoms with E-state index in [0.29, 0.717) is 24.9 Å². The fraction of sp³-hybridized carbons (Fsp3) is 0.529. The van der Waals surface area contributed by atoms with Gasteiger partial charge in [0.15, 0.2) is 0 Å². The van der Waals surface area contributed by atoms with Gasteiger partial charge in [-0.25, -0.2) is 17.9 Å². The lowest BCUT2D eigenvalue weighted by Gasteiger charge is -2.31. The minimum atomic E-state index is -3.68. The normalized spacial score (nSPS) is 23.7. The van der Waals surface area contributed by atoms with E-state index >= 15 is 0 Å². The Morgan fingerprint density at radius 2 is 2.00 bits per heavy atom. The van der Waals surface area contributed by atoms with Gasteiger partial charge in [-0.1, -0.05) is 6.07 Å². The second-order valence-electron chi connectivity index (χ2n) is 7.01. The molecule has 1 saturated heterocycles. The number of carbonyl (C=O) groups excluding carboxylic acids is 1. The van der Waals surface area contributed by atoms with Crippen molar-refractivity contribution in [3.05, 3.63) is 29.3 Å².